The van der Waals surface area contributed by atoms with Crippen LogP contribution in [-0.4, -0.2) is 27.6 Å². The Morgan fingerprint density at radius 2 is 1.96 bits per heavy atom. The Bertz CT molecular complexity index is 707. The van der Waals surface area contributed by atoms with Gasteiger partial charge in [0.05, 0.1) is 17.8 Å². The summed E-state index contributed by atoms with van der Waals surface area (Å²) in [6, 6.07) is 2.11. The van der Waals surface area contributed by atoms with Crippen LogP contribution < -0.4 is 10.1 Å². The summed E-state index contributed by atoms with van der Waals surface area (Å²) < 4.78 is 42.9. The number of hydrogen-bond donors (Lipinski definition) is 1. The van der Waals surface area contributed by atoms with Crippen LogP contribution in [0.5, 0.6) is 5.88 Å². The van der Waals surface area contributed by atoms with Gasteiger partial charge in [-0.1, -0.05) is 11.6 Å². The molecule has 0 aliphatic carbocycles. The summed E-state index contributed by atoms with van der Waals surface area (Å²) >= 11 is 6.12. The number of rotatable bonds is 5. The summed E-state index contributed by atoms with van der Waals surface area (Å²) in [4.78, 5) is 12.0. The molecule has 9 heteroatoms. The number of aromatic nitrogens is 3. The van der Waals surface area contributed by atoms with Crippen molar-refractivity contribution >= 4 is 17.4 Å². The van der Waals surface area contributed by atoms with E-state index in [9.17, 15) is 13.2 Å². The van der Waals surface area contributed by atoms with E-state index < -0.39 is 11.7 Å². The third-order valence-corrected chi connectivity index (χ3v) is 3.52. The summed E-state index contributed by atoms with van der Waals surface area (Å²) in [5, 5.41) is 3.45. The molecule has 0 aliphatic rings. The largest absolute Gasteiger partial charge is 0.473 e. The third-order valence-electron chi connectivity index (χ3n) is 3.07. The van der Waals surface area contributed by atoms with E-state index in [1.807, 2.05) is 0 Å². The number of nitrogens with zero attached hydrogens (tertiary/aromatic N) is 3. The molecule has 1 atom stereocenters. The number of anilines is 1. The molecule has 2 aromatic heterocycles. The highest BCUT2D eigenvalue weighted by atomic mass is 35.5. The van der Waals surface area contributed by atoms with Gasteiger partial charge < -0.3 is 10.1 Å². The van der Waals surface area contributed by atoms with Crippen molar-refractivity contribution in [3.63, 3.8) is 0 Å². The number of nitrogens with one attached hydrogen (secondary N) is 1. The van der Waals surface area contributed by atoms with Crippen LogP contribution in [0, 0.1) is 13.8 Å². The van der Waals surface area contributed by atoms with Crippen molar-refractivity contribution in [3.8, 4) is 5.88 Å². The predicted octanol–water partition coefficient (Wildman–Crippen LogP) is 4.04. The van der Waals surface area contributed by atoms with Gasteiger partial charge in [0.2, 0.25) is 5.88 Å². The number of aryl methyl sites for hydroxylation is 2. The van der Waals surface area contributed by atoms with Crippen molar-refractivity contribution in [2.24, 2.45) is 0 Å². The van der Waals surface area contributed by atoms with Gasteiger partial charge in [-0.05, 0) is 26.8 Å². The highest BCUT2D eigenvalue weighted by Crippen LogP contribution is 2.29. The molecule has 5 nitrogen and oxygen atoms in total. The average molecular weight is 361 g/mol. The number of alkyl halides is 3. The van der Waals surface area contributed by atoms with Gasteiger partial charge >= 0.3 is 6.18 Å². The van der Waals surface area contributed by atoms with Gasteiger partial charge in [0.25, 0.3) is 0 Å². The first-order valence-corrected chi connectivity index (χ1v) is 7.49. The molecule has 0 saturated heterocycles. The minimum atomic E-state index is -4.42. The maximum atomic E-state index is 12.5. The Balaban J connectivity index is 1.95. The monoisotopic (exact) mass is 360 g/mol. The van der Waals surface area contributed by atoms with Crippen molar-refractivity contribution < 1.29 is 17.9 Å². The van der Waals surface area contributed by atoms with E-state index in [-0.39, 0.29) is 12.0 Å². The number of hydrogen-bond acceptors (Lipinski definition) is 5. The Labute approximate surface area is 142 Å². The summed E-state index contributed by atoms with van der Waals surface area (Å²) in [7, 11) is 0. The van der Waals surface area contributed by atoms with E-state index in [0.29, 0.717) is 28.9 Å². The van der Waals surface area contributed by atoms with E-state index in [1.54, 1.807) is 20.8 Å². The molecule has 0 amide bonds. The number of pyridine rings is 1. The number of ether oxygens (including phenoxy) is 1. The molecule has 0 saturated carbocycles. The van der Waals surface area contributed by atoms with Gasteiger partial charge in [0.15, 0.2) is 0 Å². The van der Waals surface area contributed by atoms with Crippen molar-refractivity contribution in [2.75, 3.05) is 11.9 Å². The molecule has 130 valence electrons. The number of halogens is 4. The lowest BCUT2D eigenvalue weighted by Gasteiger charge is -2.16. The van der Waals surface area contributed by atoms with Crippen molar-refractivity contribution in [1.29, 1.82) is 0 Å². The molecule has 0 fully saturated rings. The normalized spacial score (nSPS) is 12.8. The highest BCUT2D eigenvalue weighted by molar-refractivity contribution is 6.33. The lowest BCUT2D eigenvalue weighted by molar-refractivity contribution is -0.137. The predicted molar refractivity (Wildman–Crippen MR) is 84.3 cm³/mol. The lowest BCUT2D eigenvalue weighted by atomic mass is 10.3. The molecule has 1 N–H and O–H groups in total. The second kappa shape index (κ2) is 7.21. The first-order chi connectivity index (χ1) is 11.2. The van der Waals surface area contributed by atoms with Gasteiger partial charge in [0, 0.05) is 12.3 Å². The van der Waals surface area contributed by atoms with Gasteiger partial charge in [-0.15, -0.1) is 0 Å². The lowest BCUT2D eigenvalue weighted by Crippen LogP contribution is -2.24. The Kier molecular flexibility index (Phi) is 5.48. The van der Waals surface area contributed by atoms with Crippen LogP contribution in [0.25, 0.3) is 0 Å². The second-order valence-corrected chi connectivity index (χ2v) is 5.59. The van der Waals surface area contributed by atoms with Crippen LogP contribution >= 0.6 is 11.6 Å². The van der Waals surface area contributed by atoms with E-state index >= 15 is 0 Å². The maximum absolute atomic E-state index is 12.5. The van der Waals surface area contributed by atoms with E-state index in [1.165, 1.54) is 6.07 Å². The summed E-state index contributed by atoms with van der Waals surface area (Å²) in [6.07, 6.45) is -4.04. The van der Waals surface area contributed by atoms with Crippen LogP contribution in [0.4, 0.5) is 19.0 Å². The first-order valence-electron chi connectivity index (χ1n) is 7.11. The smallest absolute Gasteiger partial charge is 0.417 e. The third kappa shape index (κ3) is 4.70. The molecule has 24 heavy (non-hydrogen) atoms. The van der Waals surface area contributed by atoms with E-state index in [4.69, 9.17) is 16.3 Å². The van der Waals surface area contributed by atoms with Gasteiger partial charge in [-0.2, -0.15) is 13.2 Å². The fourth-order valence-corrected chi connectivity index (χ4v) is 2.07. The average Bonchev–Trinajstić information content (AvgIpc) is 2.49. The van der Waals surface area contributed by atoms with Gasteiger partial charge in [-0.25, -0.2) is 15.0 Å². The molecule has 1 unspecified atom stereocenters. The SMILES string of the molecule is Cc1nc(C)c(Cl)c(NCC(C)Oc2ccc(C(F)(F)F)cn2)n1. The molecule has 2 aromatic rings. The van der Waals surface area contributed by atoms with Gasteiger partial charge in [0.1, 0.15) is 22.8 Å². The zero-order valence-corrected chi connectivity index (χ0v) is 14.0. The van der Waals surface area contributed by atoms with Crippen molar-refractivity contribution in [3.05, 3.63) is 40.4 Å². The Hall–Kier alpha value is -2.09. The van der Waals surface area contributed by atoms with E-state index in [0.717, 1.165) is 12.3 Å². The van der Waals surface area contributed by atoms with Crippen LogP contribution in [0.15, 0.2) is 18.3 Å². The minimum absolute atomic E-state index is 0.110. The molecule has 0 radical (unpaired) electrons. The standard InChI is InChI=1S/C15H16ClF3N4O/c1-8(6-21-14-13(16)9(2)22-10(3)23-14)24-12-5-4-11(7-20-12)15(17,18)19/h4-5,7-8H,6H2,1-3H3,(H,21,22,23). The molecule has 0 aliphatic heterocycles. The topological polar surface area (TPSA) is 59.9 Å². The van der Waals surface area contributed by atoms with Crippen molar-refractivity contribution in [2.45, 2.75) is 33.1 Å². The fraction of sp³-hybridized carbons (Fsp3) is 0.400. The van der Waals surface area contributed by atoms with Crippen LogP contribution in [0.2, 0.25) is 5.02 Å². The van der Waals surface area contributed by atoms with Crippen LogP contribution in [-0.2, 0) is 6.18 Å². The molecule has 0 bridgehead atoms. The van der Waals surface area contributed by atoms with E-state index in [2.05, 4.69) is 20.3 Å². The summed E-state index contributed by atoms with van der Waals surface area (Å²) in [5.41, 5.74) is -0.163. The molecular weight excluding hydrogens is 345 g/mol. The Morgan fingerprint density at radius 3 is 2.54 bits per heavy atom. The molecule has 0 spiro atoms. The summed E-state index contributed by atoms with van der Waals surface area (Å²) in [5.74, 6) is 1.17. The van der Waals surface area contributed by atoms with Crippen LogP contribution in [0.1, 0.15) is 24.0 Å². The molecule has 2 rings (SSSR count). The first kappa shape index (κ1) is 18.3. The minimum Gasteiger partial charge on any atom is -0.473 e. The quantitative estimate of drug-likeness (QED) is 0.872. The zero-order chi connectivity index (χ0) is 17.9. The van der Waals surface area contributed by atoms with Crippen molar-refractivity contribution in [1.82, 2.24) is 15.0 Å². The van der Waals surface area contributed by atoms with Gasteiger partial charge in [-0.3, -0.25) is 0 Å². The fourth-order valence-electron chi connectivity index (χ4n) is 1.92. The molecule has 2 heterocycles. The molecule has 0 aromatic carbocycles. The summed E-state index contributed by atoms with van der Waals surface area (Å²) in [6.45, 7) is 5.62. The zero-order valence-electron chi connectivity index (χ0n) is 13.3. The second-order valence-electron chi connectivity index (χ2n) is 5.21. The highest BCUT2D eigenvalue weighted by Gasteiger charge is 2.30. The maximum Gasteiger partial charge on any atom is 0.417 e. The van der Waals surface area contributed by atoms with Crippen LogP contribution in [0.3, 0.4) is 0 Å². The Morgan fingerprint density at radius 1 is 1.25 bits per heavy atom. The molecular formula is C15H16ClF3N4O.